The third-order valence-corrected chi connectivity index (χ3v) is 4.00. The number of hydrogen-bond acceptors (Lipinski definition) is 4. The summed E-state index contributed by atoms with van der Waals surface area (Å²) in [6.45, 7) is 6.25. The molecule has 0 saturated carbocycles. The Bertz CT molecular complexity index is 506. The molecule has 2 atom stereocenters. The van der Waals surface area contributed by atoms with E-state index in [9.17, 15) is 14.3 Å². The molecule has 2 unspecified atom stereocenters. The fourth-order valence-electron chi connectivity index (χ4n) is 2.61. The van der Waals surface area contributed by atoms with Crippen LogP contribution >= 0.6 is 0 Å². The Morgan fingerprint density at radius 2 is 2.17 bits per heavy atom. The van der Waals surface area contributed by atoms with E-state index in [1.54, 1.807) is 6.07 Å². The lowest BCUT2D eigenvalue weighted by Crippen LogP contribution is -2.40. The van der Waals surface area contributed by atoms with E-state index < -0.39 is 11.9 Å². The third-order valence-electron chi connectivity index (χ3n) is 4.00. The molecule has 2 rings (SSSR count). The number of morpholine rings is 1. The standard InChI is InChI=1S/C17H25FN2O3/c1-13(5-6-20-7-9-23-10-8-20)19-17(22)12-16(21)14-3-2-4-15(18)11-14/h2-4,11,13,16,21H,5-10,12H2,1H3,(H,19,22). The highest BCUT2D eigenvalue weighted by Gasteiger charge is 2.16. The minimum absolute atomic E-state index is 0.0325. The molecule has 0 radical (unpaired) electrons. The molecule has 1 heterocycles. The topological polar surface area (TPSA) is 61.8 Å². The van der Waals surface area contributed by atoms with Gasteiger partial charge in [0.25, 0.3) is 0 Å². The first-order chi connectivity index (χ1) is 11.0. The van der Waals surface area contributed by atoms with Crippen LogP contribution in [0.15, 0.2) is 24.3 Å². The number of benzene rings is 1. The van der Waals surface area contributed by atoms with Crippen molar-refractivity contribution in [3.05, 3.63) is 35.6 Å². The SMILES string of the molecule is CC(CCN1CCOCC1)NC(=O)CC(O)c1cccc(F)c1. The van der Waals surface area contributed by atoms with Gasteiger partial charge in [0, 0.05) is 25.7 Å². The van der Waals surface area contributed by atoms with E-state index in [4.69, 9.17) is 4.74 Å². The molecule has 128 valence electrons. The molecule has 1 amide bonds. The molecule has 1 aromatic carbocycles. The van der Waals surface area contributed by atoms with Gasteiger partial charge in [0.1, 0.15) is 5.82 Å². The van der Waals surface area contributed by atoms with Crippen molar-refractivity contribution in [3.63, 3.8) is 0 Å². The quantitative estimate of drug-likeness (QED) is 0.797. The highest BCUT2D eigenvalue weighted by Crippen LogP contribution is 2.17. The van der Waals surface area contributed by atoms with Crippen molar-refractivity contribution in [2.24, 2.45) is 0 Å². The predicted octanol–water partition coefficient (Wildman–Crippen LogP) is 1.48. The van der Waals surface area contributed by atoms with Crippen LogP contribution in [-0.4, -0.2) is 54.8 Å². The first-order valence-electron chi connectivity index (χ1n) is 8.07. The maximum Gasteiger partial charge on any atom is 0.223 e. The number of carbonyl (C=O) groups excluding carboxylic acids is 1. The number of hydrogen-bond donors (Lipinski definition) is 2. The third kappa shape index (κ3) is 6.25. The average Bonchev–Trinajstić information content (AvgIpc) is 2.53. The zero-order valence-electron chi connectivity index (χ0n) is 13.5. The van der Waals surface area contributed by atoms with E-state index >= 15 is 0 Å². The number of amides is 1. The zero-order chi connectivity index (χ0) is 16.7. The second-order valence-corrected chi connectivity index (χ2v) is 5.99. The number of aliphatic hydroxyl groups excluding tert-OH is 1. The van der Waals surface area contributed by atoms with Crippen LogP contribution in [0.25, 0.3) is 0 Å². The second kappa shape index (κ2) is 8.96. The molecule has 0 aliphatic carbocycles. The van der Waals surface area contributed by atoms with E-state index in [0.29, 0.717) is 5.56 Å². The predicted molar refractivity (Wildman–Crippen MR) is 85.5 cm³/mol. The maximum atomic E-state index is 13.1. The van der Waals surface area contributed by atoms with Crippen LogP contribution in [0.2, 0.25) is 0 Å². The van der Waals surface area contributed by atoms with E-state index in [0.717, 1.165) is 39.3 Å². The van der Waals surface area contributed by atoms with Crippen LogP contribution in [0.4, 0.5) is 4.39 Å². The van der Waals surface area contributed by atoms with Crippen molar-refractivity contribution in [1.29, 1.82) is 0 Å². The molecule has 0 spiro atoms. The largest absolute Gasteiger partial charge is 0.388 e. The summed E-state index contributed by atoms with van der Waals surface area (Å²) < 4.78 is 18.4. The van der Waals surface area contributed by atoms with Crippen LogP contribution in [-0.2, 0) is 9.53 Å². The van der Waals surface area contributed by atoms with Gasteiger partial charge in [-0.3, -0.25) is 9.69 Å². The van der Waals surface area contributed by atoms with Crippen molar-refractivity contribution in [2.75, 3.05) is 32.8 Å². The van der Waals surface area contributed by atoms with Crippen LogP contribution in [0.5, 0.6) is 0 Å². The number of ether oxygens (including phenoxy) is 1. The Balaban J connectivity index is 1.70. The minimum atomic E-state index is -0.989. The monoisotopic (exact) mass is 324 g/mol. The Morgan fingerprint density at radius 1 is 1.43 bits per heavy atom. The van der Waals surface area contributed by atoms with Gasteiger partial charge in [-0.15, -0.1) is 0 Å². The summed E-state index contributed by atoms with van der Waals surface area (Å²) in [7, 11) is 0. The van der Waals surface area contributed by atoms with Gasteiger partial charge in [0.2, 0.25) is 5.91 Å². The second-order valence-electron chi connectivity index (χ2n) is 5.99. The maximum absolute atomic E-state index is 13.1. The first kappa shape index (κ1) is 17.8. The highest BCUT2D eigenvalue weighted by molar-refractivity contribution is 5.76. The highest BCUT2D eigenvalue weighted by atomic mass is 19.1. The number of rotatable bonds is 7. The molecule has 2 N–H and O–H groups in total. The molecule has 1 aliphatic heterocycles. The van der Waals surface area contributed by atoms with Crippen LogP contribution in [0.1, 0.15) is 31.4 Å². The number of halogens is 1. The number of carbonyl (C=O) groups is 1. The molecule has 0 aromatic heterocycles. The molecule has 5 nitrogen and oxygen atoms in total. The minimum Gasteiger partial charge on any atom is -0.388 e. The van der Waals surface area contributed by atoms with Gasteiger partial charge in [-0.2, -0.15) is 0 Å². The summed E-state index contributed by atoms with van der Waals surface area (Å²) >= 11 is 0. The summed E-state index contributed by atoms with van der Waals surface area (Å²) in [5.74, 6) is -0.642. The van der Waals surface area contributed by atoms with Crippen LogP contribution in [0, 0.1) is 5.82 Å². The van der Waals surface area contributed by atoms with Crippen molar-refractivity contribution in [2.45, 2.75) is 31.9 Å². The molecular weight excluding hydrogens is 299 g/mol. The lowest BCUT2D eigenvalue weighted by Gasteiger charge is -2.27. The van der Waals surface area contributed by atoms with Gasteiger partial charge >= 0.3 is 0 Å². The molecule has 1 aromatic rings. The summed E-state index contributed by atoms with van der Waals surface area (Å²) in [6, 6.07) is 5.73. The Morgan fingerprint density at radius 3 is 2.87 bits per heavy atom. The lowest BCUT2D eigenvalue weighted by atomic mass is 10.1. The molecule has 1 fully saturated rings. The number of nitrogens with zero attached hydrogens (tertiary/aromatic N) is 1. The molecule has 23 heavy (non-hydrogen) atoms. The van der Waals surface area contributed by atoms with Crippen molar-refractivity contribution < 1.29 is 19.0 Å². The molecule has 0 bridgehead atoms. The van der Waals surface area contributed by atoms with E-state index in [-0.39, 0.29) is 18.4 Å². The Hall–Kier alpha value is -1.50. The van der Waals surface area contributed by atoms with Gasteiger partial charge < -0.3 is 15.2 Å². The Kier molecular flexibility index (Phi) is 6.95. The summed E-state index contributed by atoms with van der Waals surface area (Å²) in [5, 5.41) is 12.9. The summed E-state index contributed by atoms with van der Waals surface area (Å²) in [4.78, 5) is 14.3. The normalized spacial score (nSPS) is 18.4. The fraction of sp³-hybridized carbons (Fsp3) is 0.588. The van der Waals surface area contributed by atoms with E-state index in [1.807, 2.05) is 6.92 Å². The average molecular weight is 324 g/mol. The smallest absolute Gasteiger partial charge is 0.223 e. The first-order valence-corrected chi connectivity index (χ1v) is 8.07. The number of nitrogens with one attached hydrogen (secondary N) is 1. The van der Waals surface area contributed by atoms with E-state index in [2.05, 4.69) is 10.2 Å². The summed E-state index contributed by atoms with van der Waals surface area (Å²) in [6.07, 6.45) is -0.204. The van der Waals surface area contributed by atoms with E-state index in [1.165, 1.54) is 18.2 Å². The summed E-state index contributed by atoms with van der Waals surface area (Å²) in [5.41, 5.74) is 0.418. The Labute approximate surface area is 136 Å². The van der Waals surface area contributed by atoms with Crippen molar-refractivity contribution >= 4 is 5.91 Å². The molecule has 1 aliphatic rings. The number of aliphatic hydroxyl groups is 1. The van der Waals surface area contributed by atoms with Gasteiger partial charge in [0.05, 0.1) is 25.7 Å². The van der Waals surface area contributed by atoms with Gasteiger partial charge in [-0.05, 0) is 31.0 Å². The van der Waals surface area contributed by atoms with Crippen LogP contribution in [0.3, 0.4) is 0 Å². The zero-order valence-corrected chi connectivity index (χ0v) is 13.5. The molecule has 6 heteroatoms. The molecular formula is C17H25FN2O3. The van der Waals surface area contributed by atoms with Crippen molar-refractivity contribution in [1.82, 2.24) is 10.2 Å². The van der Waals surface area contributed by atoms with Gasteiger partial charge in [0.15, 0.2) is 0 Å². The van der Waals surface area contributed by atoms with Crippen molar-refractivity contribution in [3.8, 4) is 0 Å². The van der Waals surface area contributed by atoms with Crippen LogP contribution < -0.4 is 5.32 Å². The molecule has 1 saturated heterocycles. The van der Waals surface area contributed by atoms with Gasteiger partial charge in [-0.1, -0.05) is 12.1 Å². The lowest BCUT2D eigenvalue weighted by molar-refractivity contribution is -0.123. The van der Waals surface area contributed by atoms with Gasteiger partial charge in [-0.25, -0.2) is 4.39 Å². The fourth-order valence-corrected chi connectivity index (χ4v) is 2.61.